The Labute approximate surface area is 126 Å². The number of rotatable bonds is 4. The Bertz CT molecular complexity index is 811. The molecule has 0 atom stereocenters. The zero-order chi connectivity index (χ0) is 15.9. The van der Waals surface area contributed by atoms with E-state index in [-0.39, 0.29) is 17.9 Å². The van der Waals surface area contributed by atoms with Crippen molar-refractivity contribution in [3.05, 3.63) is 53.4 Å². The molecule has 0 aliphatic carbocycles. The SMILES string of the molecule is N#CC(C#N)=C(C#N)Nc1ccc(-c2ccc(CO)o2)cc1. The summed E-state index contributed by atoms with van der Waals surface area (Å²) in [6.07, 6.45) is 0. The van der Waals surface area contributed by atoms with Crippen LogP contribution < -0.4 is 5.32 Å². The molecule has 0 amide bonds. The van der Waals surface area contributed by atoms with Crippen LogP contribution in [0, 0.1) is 34.0 Å². The maximum Gasteiger partial charge on any atom is 0.163 e. The molecule has 0 spiro atoms. The molecule has 106 valence electrons. The molecule has 2 N–H and O–H groups in total. The highest BCUT2D eigenvalue weighted by molar-refractivity contribution is 5.64. The maximum atomic E-state index is 8.97. The number of allylic oxidation sites excluding steroid dienone is 2. The van der Waals surface area contributed by atoms with E-state index >= 15 is 0 Å². The molecule has 1 heterocycles. The third kappa shape index (κ3) is 3.13. The summed E-state index contributed by atoms with van der Waals surface area (Å²) in [6, 6.07) is 15.5. The van der Waals surface area contributed by atoms with Crippen LogP contribution >= 0.6 is 0 Å². The van der Waals surface area contributed by atoms with Gasteiger partial charge in [0, 0.05) is 11.3 Å². The summed E-state index contributed by atoms with van der Waals surface area (Å²) in [5.41, 5.74) is 0.995. The van der Waals surface area contributed by atoms with E-state index in [0.717, 1.165) is 5.56 Å². The van der Waals surface area contributed by atoms with E-state index in [1.54, 1.807) is 54.6 Å². The number of aliphatic hydroxyl groups excluding tert-OH is 1. The average Bonchev–Trinajstić information content (AvgIpc) is 3.04. The molecule has 0 saturated carbocycles. The number of nitriles is 3. The van der Waals surface area contributed by atoms with Gasteiger partial charge in [0.25, 0.3) is 0 Å². The standard InChI is InChI=1S/C16H10N4O2/c17-7-12(8-18)15(9-19)20-13-3-1-11(2-4-13)16-6-5-14(10-21)22-16/h1-6,20-21H,10H2. The Morgan fingerprint density at radius 3 is 2.18 bits per heavy atom. The molecule has 0 fully saturated rings. The molecule has 0 aliphatic heterocycles. The number of hydrogen-bond acceptors (Lipinski definition) is 6. The molecule has 6 nitrogen and oxygen atoms in total. The van der Waals surface area contributed by atoms with Crippen LogP contribution in [0.2, 0.25) is 0 Å². The Kier molecular flexibility index (Phi) is 4.57. The van der Waals surface area contributed by atoms with Gasteiger partial charge in [-0.15, -0.1) is 0 Å². The largest absolute Gasteiger partial charge is 0.459 e. The predicted molar refractivity (Wildman–Crippen MR) is 77.6 cm³/mol. The number of nitrogens with zero attached hydrogens (tertiary/aromatic N) is 3. The quantitative estimate of drug-likeness (QED) is 0.836. The van der Waals surface area contributed by atoms with Crippen LogP contribution in [0.1, 0.15) is 5.76 Å². The van der Waals surface area contributed by atoms with Gasteiger partial charge < -0.3 is 14.8 Å². The topological polar surface area (TPSA) is 117 Å². The molecule has 0 unspecified atom stereocenters. The van der Waals surface area contributed by atoms with E-state index in [2.05, 4.69) is 5.32 Å². The Hall–Kier alpha value is -3.53. The lowest BCUT2D eigenvalue weighted by molar-refractivity contribution is 0.248. The third-order valence-corrected chi connectivity index (χ3v) is 2.84. The molecular formula is C16H10N4O2. The van der Waals surface area contributed by atoms with Crippen molar-refractivity contribution in [2.45, 2.75) is 6.61 Å². The van der Waals surface area contributed by atoms with Gasteiger partial charge in [-0.05, 0) is 36.4 Å². The second-order valence-corrected chi connectivity index (χ2v) is 4.21. The van der Waals surface area contributed by atoms with Crippen molar-refractivity contribution in [1.29, 1.82) is 15.8 Å². The van der Waals surface area contributed by atoms with Crippen molar-refractivity contribution in [3.8, 4) is 29.5 Å². The molecule has 0 aliphatic rings. The number of nitrogens with one attached hydrogen (secondary N) is 1. The molecule has 2 aromatic rings. The number of benzene rings is 1. The van der Waals surface area contributed by atoms with Gasteiger partial charge in [0.2, 0.25) is 0 Å². The van der Waals surface area contributed by atoms with Crippen LogP contribution in [0.15, 0.2) is 52.1 Å². The normalized spacial score (nSPS) is 9.18. The van der Waals surface area contributed by atoms with Gasteiger partial charge >= 0.3 is 0 Å². The number of aliphatic hydroxyl groups is 1. The Morgan fingerprint density at radius 2 is 1.68 bits per heavy atom. The molecule has 0 saturated heterocycles. The Morgan fingerprint density at radius 1 is 1.00 bits per heavy atom. The summed E-state index contributed by atoms with van der Waals surface area (Å²) < 4.78 is 5.42. The van der Waals surface area contributed by atoms with Crippen molar-refractivity contribution in [3.63, 3.8) is 0 Å². The number of hydrogen-bond donors (Lipinski definition) is 2. The fourth-order valence-electron chi connectivity index (χ4n) is 1.76. The van der Waals surface area contributed by atoms with Gasteiger partial charge in [-0.25, -0.2) is 0 Å². The van der Waals surface area contributed by atoms with E-state index in [9.17, 15) is 0 Å². The van der Waals surface area contributed by atoms with Crippen molar-refractivity contribution >= 4 is 5.69 Å². The summed E-state index contributed by atoms with van der Waals surface area (Å²) in [6.45, 7) is -0.166. The summed E-state index contributed by atoms with van der Waals surface area (Å²) in [4.78, 5) is 0. The number of anilines is 1. The second-order valence-electron chi connectivity index (χ2n) is 4.21. The summed E-state index contributed by atoms with van der Waals surface area (Å²) in [5, 5.41) is 38.2. The monoisotopic (exact) mass is 290 g/mol. The minimum Gasteiger partial charge on any atom is -0.459 e. The van der Waals surface area contributed by atoms with Crippen LogP contribution in [-0.2, 0) is 6.61 Å². The van der Waals surface area contributed by atoms with Gasteiger partial charge in [0.05, 0.1) is 0 Å². The highest BCUT2D eigenvalue weighted by Gasteiger charge is 2.07. The second kappa shape index (κ2) is 6.76. The van der Waals surface area contributed by atoms with E-state index in [0.29, 0.717) is 17.2 Å². The fourth-order valence-corrected chi connectivity index (χ4v) is 1.76. The van der Waals surface area contributed by atoms with E-state index in [1.165, 1.54) is 0 Å². The van der Waals surface area contributed by atoms with Crippen LogP contribution in [0.25, 0.3) is 11.3 Å². The van der Waals surface area contributed by atoms with Gasteiger partial charge in [0.15, 0.2) is 5.57 Å². The maximum absolute atomic E-state index is 8.97. The van der Waals surface area contributed by atoms with Crippen molar-refractivity contribution < 1.29 is 9.52 Å². The van der Waals surface area contributed by atoms with E-state index in [1.807, 2.05) is 0 Å². The lowest BCUT2D eigenvalue weighted by Gasteiger charge is -2.05. The predicted octanol–water partition coefficient (Wildman–Crippen LogP) is 2.68. The minimum atomic E-state index is -0.273. The first kappa shape index (κ1) is 14.9. The van der Waals surface area contributed by atoms with Gasteiger partial charge in [-0.2, -0.15) is 15.8 Å². The Balaban J connectivity index is 2.23. The van der Waals surface area contributed by atoms with Crippen molar-refractivity contribution in [2.24, 2.45) is 0 Å². The van der Waals surface area contributed by atoms with Gasteiger partial charge in [-0.3, -0.25) is 0 Å². The summed E-state index contributed by atoms with van der Waals surface area (Å²) in [7, 11) is 0. The molecule has 1 aromatic heterocycles. The molecule has 6 heteroatoms. The fraction of sp³-hybridized carbons (Fsp3) is 0.0625. The van der Waals surface area contributed by atoms with Crippen molar-refractivity contribution in [2.75, 3.05) is 5.32 Å². The third-order valence-electron chi connectivity index (χ3n) is 2.84. The minimum absolute atomic E-state index is 0.0988. The van der Waals surface area contributed by atoms with Crippen LogP contribution in [0.4, 0.5) is 5.69 Å². The smallest absolute Gasteiger partial charge is 0.163 e. The molecule has 0 bridgehead atoms. The lowest BCUT2D eigenvalue weighted by atomic mass is 10.1. The first-order valence-corrected chi connectivity index (χ1v) is 6.23. The zero-order valence-electron chi connectivity index (χ0n) is 11.4. The van der Waals surface area contributed by atoms with E-state index < -0.39 is 0 Å². The highest BCUT2D eigenvalue weighted by Crippen LogP contribution is 2.24. The van der Waals surface area contributed by atoms with E-state index in [4.69, 9.17) is 25.3 Å². The van der Waals surface area contributed by atoms with Gasteiger partial charge in [-0.1, -0.05) is 0 Å². The summed E-state index contributed by atoms with van der Waals surface area (Å²) >= 11 is 0. The molecule has 22 heavy (non-hydrogen) atoms. The van der Waals surface area contributed by atoms with Crippen LogP contribution in [0.3, 0.4) is 0 Å². The lowest BCUT2D eigenvalue weighted by Crippen LogP contribution is -2.00. The first-order chi connectivity index (χ1) is 10.7. The molecule has 1 aromatic carbocycles. The van der Waals surface area contributed by atoms with Crippen molar-refractivity contribution in [1.82, 2.24) is 0 Å². The van der Waals surface area contributed by atoms with Crippen LogP contribution in [0.5, 0.6) is 0 Å². The molecule has 2 rings (SSSR count). The van der Waals surface area contributed by atoms with Crippen LogP contribution in [-0.4, -0.2) is 5.11 Å². The number of furan rings is 1. The first-order valence-electron chi connectivity index (χ1n) is 6.23. The molecular weight excluding hydrogens is 280 g/mol. The highest BCUT2D eigenvalue weighted by atomic mass is 16.4. The van der Waals surface area contributed by atoms with Gasteiger partial charge in [0.1, 0.15) is 42.0 Å². The summed E-state index contributed by atoms with van der Waals surface area (Å²) in [5.74, 6) is 1.08. The molecule has 0 radical (unpaired) electrons. The zero-order valence-corrected chi connectivity index (χ0v) is 11.4. The average molecular weight is 290 g/mol.